The van der Waals surface area contributed by atoms with Crippen LogP contribution >= 0.6 is 11.3 Å². The van der Waals surface area contributed by atoms with Crippen LogP contribution in [0.15, 0.2) is 35.7 Å². The van der Waals surface area contributed by atoms with Crippen molar-refractivity contribution in [2.24, 2.45) is 5.92 Å². The molecule has 4 nitrogen and oxygen atoms in total. The van der Waals surface area contributed by atoms with Crippen molar-refractivity contribution >= 4 is 28.1 Å². The van der Waals surface area contributed by atoms with Gasteiger partial charge in [0.1, 0.15) is 5.69 Å². The summed E-state index contributed by atoms with van der Waals surface area (Å²) in [6, 6.07) is 9.85. The van der Waals surface area contributed by atoms with Gasteiger partial charge in [-0.25, -0.2) is 4.98 Å². The number of anilines is 2. The van der Waals surface area contributed by atoms with Gasteiger partial charge in [0.2, 0.25) is 0 Å². The average Bonchev–Trinajstić information content (AvgIpc) is 3.03. The molecule has 1 saturated carbocycles. The van der Waals surface area contributed by atoms with E-state index in [4.69, 9.17) is 0 Å². The van der Waals surface area contributed by atoms with Crippen molar-refractivity contribution < 1.29 is 4.79 Å². The van der Waals surface area contributed by atoms with Crippen LogP contribution in [-0.4, -0.2) is 17.4 Å². The first-order valence-electron chi connectivity index (χ1n) is 7.87. The summed E-state index contributed by atoms with van der Waals surface area (Å²) < 4.78 is 0. The van der Waals surface area contributed by atoms with Crippen molar-refractivity contribution in [1.29, 1.82) is 0 Å². The Kier molecular flexibility index (Phi) is 5.06. The largest absolute Gasteiger partial charge is 0.350 e. The normalized spacial score (nSPS) is 15.5. The molecule has 1 amide bonds. The van der Waals surface area contributed by atoms with Crippen molar-refractivity contribution in [1.82, 2.24) is 10.3 Å². The minimum atomic E-state index is -0.0667. The summed E-state index contributed by atoms with van der Waals surface area (Å²) in [6.45, 7) is 0.776. The van der Waals surface area contributed by atoms with E-state index in [1.165, 1.54) is 43.4 Å². The van der Waals surface area contributed by atoms with Crippen molar-refractivity contribution in [3.05, 3.63) is 41.4 Å². The lowest BCUT2D eigenvalue weighted by Crippen LogP contribution is -2.30. The Morgan fingerprint density at radius 2 is 1.95 bits per heavy atom. The summed E-state index contributed by atoms with van der Waals surface area (Å²) in [6.07, 6.45) is 6.39. The lowest BCUT2D eigenvalue weighted by molar-refractivity contribution is 0.0939. The molecule has 2 N–H and O–H groups in total. The van der Waals surface area contributed by atoms with Crippen molar-refractivity contribution in [2.75, 3.05) is 11.9 Å². The number of benzene rings is 1. The van der Waals surface area contributed by atoms with Crippen LogP contribution in [0.1, 0.15) is 42.6 Å². The summed E-state index contributed by atoms with van der Waals surface area (Å²) >= 11 is 1.45. The molecule has 1 fully saturated rings. The predicted octanol–water partition coefficient (Wildman–Crippen LogP) is 4.20. The standard InChI is InChI=1S/C17H21N3OS/c21-16(18-11-13-7-3-1-4-8-13)15-12-22-17(20-15)19-14-9-5-2-6-10-14/h2,5-6,9-10,12-13H,1,3-4,7-8,11H2,(H,18,21)(H,19,20). The SMILES string of the molecule is O=C(NCC1CCCCC1)c1csc(Nc2ccccc2)n1. The van der Waals surface area contributed by atoms with Gasteiger partial charge in [-0.1, -0.05) is 37.5 Å². The third-order valence-electron chi connectivity index (χ3n) is 4.04. The molecular weight excluding hydrogens is 294 g/mol. The van der Waals surface area contributed by atoms with Crippen LogP contribution in [0.25, 0.3) is 0 Å². The highest BCUT2D eigenvalue weighted by molar-refractivity contribution is 7.14. The molecule has 1 heterocycles. The molecule has 22 heavy (non-hydrogen) atoms. The summed E-state index contributed by atoms with van der Waals surface area (Å²) in [5.41, 5.74) is 1.48. The lowest BCUT2D eigenvalue weighted by atomic mass is 9.89. The van der Waals surface area contributed by atoms with Gasteiger partial charge in [0.05, 0.1) is 0 Å². The molecule has 1 aromatic carbocycles. The maximum Gasteiger partial charge on any atom is 0.270 e. The van der Waals surface area contributed by atoms with Gasteiger partial charge in [-0.2, -0.15) is 0 Å². The maximum atomic E-state index is 12.2. The van der Waals surface area contributed by atoms with Crippen LogP contribution in [0, 0.1) is 5.92 Å². The number of hydrogen-bond acceptors (Lipinski definition) is 4. The molecule has 0 aliphatic heterocycles. The Hall–Kier alpha value is -1.88. The first-order valence-corrected chi connectivity index (χ1v) is 8.75. The maximum absolute atomic E-state index is 12.2. The fourth-order valence-electron chi connectivity index (χ4n) is 2.80. The molecule has 0 saturated heterocycles. The van der Waals surface area contributed by atoms with Gasteiger partial charge in [0.15, 0.2) is 5.13 Å². The van der Waals surface area contributed by atoms with Gasteiger partial charge in [-0.15, -0.1) is 11.3 Å². The molecule has 0 radical (unpaired) electrons. The number of rotatable bonds is 5. The highest BCUT2D eigenvalue weighted by Crippen LogP contribution is 2.23. The number of thiazole rings is 1. The molecule has 116 valence electrons. The van der Waals surface area contributed by atoms with Crippen LogP contribution in [0.3, 0.4) is 0 Å². The van der Waals surface area contributed by atoms with Gasteiger partial charge >= 0.3 is 0 Å². The quantitative estimate of drug-likeness (QED) is 0.869. The molecule has 0 atom stereocenters. The minimum absolute atomic E-state index is 0.0667. The second kappa shape index (κ2) is 7.40. The molecule has 1 aliphatic rings. The second-order valence-corrected chi connectivity index (χ2v) is 6.60. The molecule has 3 rings (SSSR count). The zero-order chi connectivity index (χ0) is 15.2. The number of nitrogens with one attached hydrogen (secondary N) is 2. The van der Waals surface area contributed by atoms with E-state index >= 15 is 0 Å². The van der Waals surface area contributed by atoms with Crippen LogP contribution in [-0.2, 0) is 0 Å². The van der Waals surface area contributed by atoms with Gasteiger partial charge in [-0.05, 0) is 30.9 Å². The number of carbonyl (C=O) groups is 1. The molecule has 1 aliphatic carbocycles. The zero-order valence-electron chi connectivity index (χ0n) is 12.5. The summed E-state index contributed by atoms with van der Waals surface area (Å²) in [7, 11) is 0. The topological polar surface area (TPSA) is 54.0 Å². The third-order valence-corrected chi connectivity index (χ3v) is 4.80. The van der Waals surface area contributed by atoms with E-state index < -0.39 is 0 Å². The Bertz CT molecular complexity index is 605. The van der Waals surface area contributed by atoms with E-state index in [0.717, 1.165) is 17.4 Å². The van der Waals surface area contributed by atoms with Crippen LogP contribution in [0.2, 0.25) is 0 Å². The number of nitrogens with zero attached hydrogens (tertiary/aromatic N) is 1. The predicted molar refractivity (Wildman–Crippen MR) is 90.7 cm³/mol. The summed E-state index contributed by atoms with van der Waals surface area (Å²) in [4.78, 5) is 16.5. The van der Waals surface area contributed by atoms with Gasteiger partial charge in [0, 0.05) is 17.6 Å². The van der Waals surface area contributed by atoms with Crippen LogP contribution in [0.4, 0.5) is 10.8 Å². The average molecular weight is 315 g/mol. The lowest BCUT2D eigenvalue weighted by Gasteiger charge is -2.21. The number of para-hydroxylation sites is 1. The first kappa shape index (κ1) is 15.0. The third kappa shape index (κ3) is 4.07. The summed E-state index contributed by atoms with van der Waals surface area (Å²) in [5, 5.41) is 8.79. The van der Waals surface area contributed by atoms with E-state index in [1.54, 1.807) is 0 Å². The van der Waals surface area contributed by atoms with E-state index in [1.807, 2.05) is 35.7 Å². The van der Waals surface area contributed by atoms with Crippen LogP contribution in [0.5, 0.6) is 0 Å². The van der Waals surface area contributed by atoms with Crippen molar-refractivity contribution in [2.45, 2.75) is 32.1 Å². The van der Waals surface area contributed by atoms with E-state index in [9.17, 15) is 4.79 Å². The molecule has 0 bridgehead atoms. The van der Waals surface area contributed by atoms with E-state index in [-0.39, 0.29) is 5.91 Å². The first-order chi connectivity index (χ1) is 10.8. The monoisotopic (exact) mass is 315 g/mol. The Balaban J connectivity index is 1.52. The van der Waals surface area contributed by atoms with E-state index in [2.05, 4.69) is 15.6 Å². The van der Waals surface area contributed by atoms with Crippen molar-refractivity contribution in [3.63, 3.8) is 0 Å². The zero-order valence-corrected chi connectivity index (χ0v) is 13.4. The van der Waals surface area contributed by atoms with Gasteiger partial charge < -0.3 is 10.6 Å². The molecular formula is C17H21N3OS. The fraction of sp³-hybridized carbons (Fsp3) is 0.412. The Labute approximate surface area is 135 Å². The smallest absolute Gasteiger partial charge is 0.270 e. The number of carbonyl (C=O) groups excluding carboxylic acids is 1. The highest BCUT2D eigenvalue weighted by Gasteiger charge is 2.16. The molecule has 1 aromatic heterocycles. The van der Waals surface area contributed by atoms with E-state index in [0.29, 0.717) is 11.6 Å². The minimum Gasteiger partial charge on any atom is -0.350 e. The molecule has 0 spiro atoms. The second-order valence-electron chi connectivity index (χ2n) is 5.74. The molecule has 0 unspecified atom stereocenters. The Morgan fingerprint density at radius 3 is 2.73 bits per heavy atom. The van der Waals surface area contributed by atoms with Crippen LogP contribution < -0.4 is 10.6 Å². The highest BCUT2D eigenvalue weighted by atomic mass is 32.1. The molecule has 5 heteroatoms. The van der Waals surface area contributed by atoms with Crippen molar-refractivity contribution in [3.8, 4) is 0 Å². The molecule has 2 aromatic rings. The fourth-order valence-corrected chi connectivity index (χ4v) is 3.51. The van der Waals surface area contributed by atoms with Gasteiger partial charge in [0.25, 0.3) is 5.91 Å². The van der Waals surface area contributed by atoms with Gasteiger partial charge in [-0.3, -0.25) is 4.79 Å². The number of amides is 1. The Morgan fingerprint density at radius 1 is 1.18 bits per heavy atom. The summed E-state index contributed by atoms with van der Waals surface area (Å²) in [5.74, 6) is 0.571. The number of aromatic nitrogens is 1. The number of hydrogen-bond donors (Lipinski definition) is 2.